The lowest BCUT2D eigenvalue weighted by Gasteiger charge is -2.37. The van der Waals surface area contributed by atoms with Crippen LogP contribution in [0, 0.1) is 12.8 Å². The summed E-state index contributed by atoms with van der Waals surface area (Å²) in [5.74, 6) is -0.279. The van der Waals surface area contributed by atoms with E-state index in [1.165, 1.54) is 7.11 Å². The van der Waals surface area contributed by atoms with Gasteiger partial charge in [-0.05, 0) is 50.6 Å². The van der Waals surface area contributed by atoms with Crippen LogP contribution in [0.15, 0.2) is 53.4 Å². The molecule has 1 aromatic carbocycles. The molecule has 4 rings (SSSR count). The third-order valence-corrected chi connectivity index (χ3v) is 7.20. The van der Waals surface area contributed by atoms with Crippen LogP contribution in [0.25, 0.3) is 0 Å². The van der Waals surface area contributed by atoms with E-state index in [-0.39, 0.29) is 11.7 Å². The Bertz CT molecular complexity index is 1080. The van der Waals surface area contributed by atoms with Crippen molar-refractivity contribution in [3.8, 4) is 5.75 Å². The van der Waals surface area contributed by atoms with Crippen molar-refractivity contribution in [1.29, 1.82) is 0 Å². The Morgan fingerprint density at radius 1 is 1.23 bits per heavy atom. The van der Waals surface area contributed by atoms with Gasteiger partial charge < -0.3 is 14.8 Å². The molecule has 0 saturated carbocycles. The molecule has 1 aliphatic heterocycles. The first-order chi connectivity index (χ1) is 14.9. The SMILES string of the molecule is COC(=O)C1=C(C)NC2=CCCC(=O)C2C1c1cc(COc2ccc(Cl)cc2)c(C)s1. The molecule has 2 aromatic rings. The lowest BCUT2D eigenvalue weighted by Crippen LogP contribution is -2.40. The molecule has 5 nitrogen and oxygen atoms in total. The number of thiophene rings is 1. The van der Waals surface area contributed by atoms with Crippen LogP contribution in [0.2, 0.25) is 5.02 Å². The maximum absolute atomic E-state index is 12.9. The first kappa shape index (κ1) is 21.7. The molecule has 1 aromatic heterocycles. The van der Waals surface area contributed by atoms with Crippen molar-refractivity contribution in [2.75, 3.05) is 7.11 Å². The molecule has 0 saturated heterocycles. The number of carbonyl (C=O) groups is 2. The van der Waals surface area contributed by atoms with Crippen LogP contribution in [0.1, 0.15) is 41.0 Å². The van der Waals surface area contributed by atoms with Crippen molar-refractivity contribution < 1.29 is 19.1 Å². The summed E-state index contributed by atoms with van der Waals surface area (Å²) in [5, 5.41) is 3.93. The quantitative estimate of drug-likeness (QED) is 0.618. The summed E-state index contributed by atoms with van der Waals surface area (Å²) in [6.07, 6.45) is 3.27. The van der Waals surface area contributed by atoms with Gasteiger partial charge in [-0.2, -0.15) is 0 Å². The van der Waals surface area contributed by atoms with Gasteiger partial charge in [0.15, 0.2) is 0 Å². The molecule has 7 heteroatoms. The number of rotatable bonds is 5. The average Bonchev–Trinajstić information content (AvgIpc) is 3.12. The second-order valence-corrected chi connectivity index (χ2v) is 9.47. The van der Waals surface area contributed by atoms with E-state index in [1.54, 1.807) is 23.5 Å². The van der Waals surface area contributed by atoms with Crippen molar-refractivity contribution in [2.45, 2.75) is 39.2 Å². The van der Waals surface area contributed by atoms with Crippen LogP contribution in [0.3, 0.4) is 0 Å². The van der Waals surface area contributed by atoms with Crippen molar-refractivity contribution in [1.82, 2.24) is 5.32 Å². The van der Waals surface area contributed by atoms with E-state index in [1.807, 2.05) is 26.0 Å². The van der Waals surface area contributed by atoms with Gasteiger partial charge in [0.1, 0.15) is 18.1 Å². The highest BCUT2D eigenvalue weighted by atomic mass is 35.5. The van der Waals surface area contributed by atoms with E-state index in [4.69, 9.17) is 21.1 Å². The normalized spacial score (nSPS) is 20.6. The predicted molar refractivity (Wildman–Crippen MR) is 121 cm³/mol. The number of benzene rings is 1. The number of fused-ring (bicyclic) bond motifs is 1. The molecule has 1 aliphatic carbocycles. The Morgan fingerprint density at radius 3 is 2.68 bits per heavy atom. The van der Waals surface area contributed by atoms with Crippen molar-refractivity contribution >= 4 is 34.7 Å². The van der Waals surface area contributed by atoms with Gasteiger partial charge >= 0.3 is 5.97 Å². The minimum atomic E-state index is -0.405. The molecule has 0 bridgehead atoms. The van der Waals surface area contributed by atoms with Crippen LogP contribution in [-0.2, 0) is 20.9 Å². The number of aryl methyl sites for hydroxylation is 1. The van der Waals surface area contributed by atoms with Crippen LogP contribution < -0.4 is 10.1 Å². The zero-order valence-electron chi connectivity index (χ0n) is 17.7. The number of ketones is 1. The molecule has 2 aliphatic rings. The molecule has 0 radical (unpaired) electrons. The summed E-state index contributed by atoms with van der Waals surface area (Å²) < 4.78 is 11.0. The molecular formula is C24H24ClNO4S. The standard InChI is InChI=1S/C24H24ClNO4S/c1-13-21(24(28)29-3)23(22-18(26-13)5-4-6-19(22)27)20-11-15(14(2)31-20)12-30-17-9-7-16(25)8-10-17/h5,7-11,22-23,26H,4,6,12H2,1-3H3. The van der Waals surface area contributed by atoms with E-state index >= 15 is 0 Å². The van der Waals surface area contributed by atoms with E-state index in [2.05, 4.69) is 17.5 Å². The van der Waals surface area contributed by atoms with Crippen LogP contribution in [-0.4, -0.2) is 18.9 Å². The Kier molecular flexibility index (Phi) is 6.21. The number of halogens is 1. The first-order valence-electron chi connectivity index (χ1n) is 10.2. The molecule has 1 N–H and O–H groups in total. The molecular weight excluding hydrogens is 434 g/mol. The number of carbonyl (C=O) groups excluding carboxylic acids is 2. The lowest BCUT2D eigenvalue weighted by molar-refractivity contribution is -0.136. The minimum Gasteiger partial charge on any atom is -0.489 e. The van der Waals surface area contributed by atoms with Crippen LogP contribution in [0.5, 0.6) is 5.75 Å². The zero-order valence-corrected chi connectivity index (χ0v) is 19.2. The topological polar surface area (TPSA) is 64.6 Å². The van der Waals surface area contributed by atoms with Gasteiger partial charge in [-0.1, -0.05) is 17.7 Å². The molecule has 0 fully saturated rings. The Balaban J connectivity index is 1.69. The Morgan fingerprint density at radius 2 is 1.97 bits per heavy atom. The molecule has 162 valence electrons. The highest BCUT2D eigenvalue weighted by molar-refractivity contribution is 7.12. The Hall–Kier alpha value is -2.57. The second kappa shape index (κ2) is 8.89. The van der Waals surface area contributed by atoms with Gasteiger partial charge in [0.2, 0.25) is 0 Å². The Labute approximate surface area is 190 Å². The van der Waals surface area contributed by atoms with E-state index < -0.39 is 11.9 Å². The zero-order chi connectivity index (χ0) is 22.1. The third kappa shape index (κ3) is 4.27. The highest BCUT2D eigenvalue weighted by Crippen LogP contribution is 2.46. The lowest BCUT2D eigenvalue weighted by atomic mass is 9.73. The summed E-state index contributed by atoms with van der Waals surface area (Å²) in [5.41, 5.74) is 3.17. The maximum Gasteiger partial charge on any atom is 0.336 e. The van der Waals surface area contributed by atoms with E-state index in [0.29, 0.717) is 23.6 Å². The molecule has 0 spiro atoms. The molecule has 2 atom stereocenters. The van der Waals surface area contributed by atoms with E-state index in [9.17, 15) is 9.59 Å². The summed E-state index contributed by atoms with van der Waals surface area (Å²) in [7, 11) is 1.37. The number of esters is 1. The second-order valence-electron chi connectivity index (χ2n) is 7.75. The van der Waals surface area contributed by atoms with Gasteiger partial charge in [-0.3, -0.25) is 4.79 Å². The number of hydrogen-bond acceptors (Lipinski definition) is 6. The first-order valence-corrected chi connectivity index (χ1v) is 11.3. The summed E-state index contributed by atoms with van der Waals surface area (Å²) in [6.45, 7) is 4.29. The number of nitrogens with one attached hydrogen (secondary N) is 1. The summed E-state index contributed by atoms with van der Waals surface area (Å²) >= 11 is 7.54. The van der Waals surface area contributed by atoms with Crippen LogP contribution >= 0.6 is 22.9 Å². The maximum atomic E-state index is 12.9. The van der Waals surface area contributed by atoms with Gasteiger partial charge in [0.25, 0.3) is 0 Å². The largest absolute Gasteiger partial charge is 0.489 e. The number of ether oxygens (including phenoxy) is 2. The number of allylic oxidation sites excluding steroid dienone is 3. The van der Waals surface area contributed by atoms with Gasteiger partial charge in [-0.15, -0.1) is 11.3 Å². The predicted octanol–water partition coefficient (Wildman–Crippen LogP) is 5.29. The van der Waals surface area contributed by atoms with Gasteiger partial charge in [0.05, 0.1) is 18.6 Å². The third-order valence-electron chi connectivity index (χ3n) is 5.78. The monoisotopic (exact) mass is 457 g/mol. The number of hydrogen-bond donors (Lipinski definition) is 1. The summed E-state index contributed by atoms with van der Waals surface area (Å²) in [4.78, 5) is 27.7. The van der Waals surface area contributed by atoms with Gasteiger partial charge in [0, 0.05) is 44.1 Å². The fourth-order valence-electron chi connectivity index (χ4n) is 4.23. The number of methoxy groups -OCH3 is 1. The molecule has 31 heavy (non-hydrogen) atoms. The van der Waals surface area contributed by atoms with Crippen molar-refractivity contribution in [2.24, 2.45) is 5.92 Å². The van der Waals surface area contributed by atoms with Crippen LogP contribution in [0.4, 0.5) is 0 Å². The molecule has 0 amide bonds. The highest BCUT2D eigenvalue weighted by Gasteiger charge is 2.44. The summed E-state index contributed by atoms with van der Waals surface area (Å²) in [6, 6.07) is 9.29. The fraction of sp³-hybridized carbons (Fsp3) is 0.333. The number of Topliss-reactive ketones (excluding diaryl/α,β-unsaturated/α-hetero) is 1. The van der Waals surface area contributed by atoms with Crippen molar-refractivity contribution in [3.05, 3.63) is 73.7 Å². The average molecular weight is 458 g/mol. The molecule has 2 unspecified atom stereocenters. The smallest absolute Gasteiger partial charge is 0.336 e. The molecule has 2 heterocycles. The van der Waals surface area contributed by atoms with Crippen molar-refractivity contribution in [3.63, 3.8) is 0 Å². The minimum absolute atomic E-state index is 0.147. The van der Waals surface area contributed by atoms with E-state index in [0.717, 1.165) is 38.9 Å². The fourth-order valence-corrected chi connectivity index (χ4v) is 5.54. The van der Waals surface area contributed by atoms with Gasteiger partial charge in [-0.25, -0.2) is 4.79 Å².